The van der Waals surface area contributed by atoms with Crippen LogP contribution < -0.4 is 0 Å². The second-order valence-electron chi connectivity index (χ2n) is 4.49. The lowest BCUT2D eigenvalue weighted by Gasteiger charge is -2.11. The molecule has 1 unspecified atom stereocenters. The molecule has 0 amide bonds. The number of likely N-dealkylation sites (tertiary alicyclic amines) is 1. The highest BCUT2D eigenvalue weighted by atomic mass is 16.5. The Balaban J connectivity index is 1.92. The average Bonchev–Trinajstić information content (AvgIpc) is 2.87. The van der Waals surface area contributed by atoms with Crippen molar-refractivity contribution in [1.29, 1.82) is 0 Å². The zero-order valence-corrected chi connectivity index (χ0v) is 9.90. The maximum atomic E-state index is 11.1. The van der Waals surface area contributed by atoms with E-state index in [0.29, 0.717) is 11.6 Å². The minimum absolute atomic E-state index is 0.0309. The highest BCUT2D eigenvalue weighted by Gasteiger charge is 2.23. The summed E-state index contributed by atoms with van der Waals surface area (Å²) in [4.78, 5) is 13.5. The van der Waals surface area contributed by atoms with Crippen LogP contribution in [0.2, 0.25) is 0 Å². The van der Waals surface area contributed by atoms with Crippen LogP contribution in [0.1, 0.15) is 36.5 Å². The molecule has 0 saturated carbocycles. The maximum absolute atomic E-state index is 11.1. The number of carbonyl (C=O) groups excluding carboxylic acids is 1. The first-order valence-corrected chi connectivity index (χ1v) is 5.88. The molecule has 0 aromatic carbocycles. The minimum Gasteiger partial charge on any atom is -0.361 e. The van der Waals surface area contributed by atoms with Gasteiger partial charge in [-0.2, -0.15) is 0 Å². The second kappa shape index (κ2) is 4.78. The number of Topliss-reactive ketones (excluding diaryl/α,β-unsaturated/α-hetero) is 1. The van der Waals surface area contributed by atoms with Gasteiger partial charge >= 0.3 is 0 Å². The Hall–Kier alpha value is -1.16. The van der Waals surface area contributed by atoms with Crippen LogP contribution in [0.15, 0.2) is 10.6 Å². The number of hydrogen-bond acceptors (Lipinski definition) is 4. The summed E-state index contributed by atoms with van der Waals surface area (Å²) in [6.07, 6.45) is 2.11. The maximum Gasteiger partial charge on any atom is 0.181 e. The summed E-state index contributed by atoms with van der Waals surface area (Å²) in [5.74, 6) is 1.46. The minimum atomic E-state index is -0.0309. The molecule has 1 atom stereocenters. The third kappa shape index (κ3) is 2.50. The van der Waals surface area contributed by atoms with Crippen molar-refractivity contribution < 1.29 is 9.32 Å². The van der Waals surface area contributed by atoms with E-state index < -0.39 is 0 Å². The van der Waals surface area contributed by atoms with Crippen molar-refractivity contribution in [2.75, 3.05) is 19.6 Å². The molecular formula is C12H18N2O2. The van der Waals surface area contributed by atoms with Gasteiger partial charge in [0.15, 0.2) is 5.78 Å². The van der Waals surface area contributed by atoms with Gasteiger partial charge in [0.25, 0.3) is 0 Å². The zero-order chi connectivity index (χ0) is 11.5. The third-order valence-electron chi connectivity index (χ3n) is 3.23. The summed E-state index contributed by atoms with van der Waals surface area (Å²) >= 11 is 0. The van der Waals surface area contributed by atoms with Gasteiger partial charge in [-0.05, 0) is 25.4 Å². The molecule has 1 aliphatic heterocycles. The first-order valence-electron chi connectivity index (χ1n) is 5.88. The van der Waals surface area contributed by atoms with Crippen LogP contribution in [0.5, 0.6) is 0 Å². The molecule has 0 aliphatic carbocycles. The fourth-order valence-electron chi connectivity index (χ4n) is 2.23. The number of ketones is 1. The van der Waals surface area contributed by atoms with E-state index in [1.54, 1.807) is 6.07 Å². The van der Waals surface area contributed by atoms with Gasteiger partial charge in [0, 0.05) is 26.0 Å². The SMILES string of the molecule is CCN1CCC(Cc2cc(C(C)=O)no2)C1. The average molecular weight is 222 g/mol. The molecule has 88 valence electrons. The molecule has 1 aliphatic rings. The van der Waals surface area contributed by atoms with E-state index in [2.05, 4.69) is 17.0 Å². The molecule has 16 heavy (non-hydrogen) atoms. The van der Waals surface area contributed by atoms with E-state index in [4.69, 9.17) is 4.52 Å². The topological polar surface area (TPSA) is 46.3 Å². The van der Waals surface area contributed by atoms with Crippen molar-refractivity contribution in [2.45, 2.75) is 26.7 Å². The Bertz CT molecular complexity index is 373. The molecule has 0 N–H and O–H groups in total. The first-order chi connectivity index (χ1) is 7.69. The molecule has 0 spiro atoms. The van der Waals surface area contributed by atoms with Gasteiger partial charge in [0.2, 0.25) is 0 Å². The highest BCUT2D eigenvalue weighted by Crippen LogP contribution is 2.20. The Labute approximate surface area is 95.6 Å². The zero-order valence-electron chi connectivity index (χ0n) is 9.90. The molecular weight excluding hydrogens is 204 g/mol. The van der Waals surface area contributed by atoms with Gasteiger partial charge in [-0.15, -0.1) is 0 Å². The fraction of sp³-hybridized carbons (Fsp3) is 0.667. The quantitative estimate of drug-likeness (QED) is 0.728. The number of rotatable bonds is 4. The predicted octanol–water partition coefficient (Wildman–Crippen LogP) is 1.76. The summed E-state index contributed by atoms with van der Waals surface area (Å²) in [6, 6.07) is 1.77. The molecule has 0 bridgehead atoms. The van der Waals surface area contributed by atoms with E-state index in [-0.39, 0.29) is 5.78 Å². The van der Waals surface area contributed by atoms with Crippen molar-refractivity contribution in [3.8, 4) is 0 Å². The predicted molar refractivity (Wildman–Crippen MR) is 60.4 cm³/mol. The van der Waals surface area contributed by atoms with E-state index in [1.165, 1.54) is 19.9 Å². The number of nitrogens with zero attached hydrogens (tertiary/aromatic N) is 2. The normalized spacial score (nSPS) is 21.5. The Morgan fingerprint density at radius 1 is 1.69 bits per heavy atom. The van der Waals surface area contributed by atoms with E-state index in [0.717, 1.165) is 25.3 Å². The summed E-state index contributed by atoms with van der Waals surface area (Å²) in [5, 5.41) is 3.76. The standard InChI is InChI=1S/C12H18N2O2/c1-3-14-5-4-10(8-14)6-11-7-12(9(2)15)13-16-11/h7,10H,3-6,8H2,1-2H3. The van der Waals surface area contributed by atoms with Gasteiger partial charge in [-0.1, -0.05) is 12.1 Å². The van der Waals surface area contributed by atoms with Gasteiger partial charge in [-0.3, -0.25) is 4.79 Å². The fourth-order valence-corrected chi connectivity index (χ4v) is 2.23. The molecule has 1 aromatic rings. The van der Waals surface area contributed by atoms with Crippen molar-refractivity contribution in [1.82, 2.24) is 10.1 Å². The van der Waals surface area contributed by atoms with Gasteiger partial charge in [0.05, 0.1) is 0 Å². The molecule has 1 aromatic heterocycles. The number of aromatic nitrogens is 1. The molecule has 0 radical (unpaired) electrons. The summed E-state index contributed by atoms with van der Waals surface area (Å²) in [5.41, 5.74) is 0.445. The lowest BCUT2D eigenvalue weighted by Crippen LogP contribution is -2.20. The Morgan fingerprint density at radius 3 is 3.06 bits per heavy atom. The molecule has 2 heterocycles. The largest absolute Gasteiger partial charge is 0.361 e. The summed E-state index contributed by atoms with van der Waals surface area (Å²) < 4.78 is 5.17. The molecule has 2 rings (SSSR count). The lowest BCUT2D eigenvalue weighted by molar-refractivity contribution is 0.100. The van der Waals surface area contributed by atoms with Gasteiger partial charge < -0.3 is 9.42 Å². The Morgan fingerprint density at radius 2 is 2.50 bits per heavy atom. The van der Waals surface area contributed by atoms with E-state index in [1.807, 2.05) is 0 Å². The van der Waals surface area contributed by atoms with Crippen molar-refractivity contribution in [2.24, 2.45) is 5.92 Å². The monoisotopic (exact) mass is 222 g/mol. The summed E-state index contributed by atoms with van der Waals surface area (Å²) in [7, 11) is 0. The molecule has 4 heteroatoms. The highest BCUT2D eigenvalue weighted by molar-refractivity contribution is 5.91. The van der Waals surface area contributed by atoms with Crippen LogP contribution >= 0.6 is 0 Å². The van der Waals surface area contributed by atoms with Crippen molar-refractivity contribution in [3.05, 3.63) is 17.5 Å². The van der Waals surface area contributed by atoms with Crippen LogP contribution in [0.4, 0.5) is 0 Å². The first kappa shape index (κ1) is 11.3. The van der Waals surface area contributed by atoms with Crippen molar-refractivity contribution in [3.63, 3.8) is 0 Å². The van der Waals surface area contributed by atoms with Crippen LogP contribution in [0.3, 0.4) is 0 Å². The van der Waals surface area contributed by atoms with Gasteiger partial charge in [0.1, 0.15) is 11.5 Å². The van der Waals surface area contributed by atoms with Crippen molar-refractivity contribution >= 4 is 5.78 Å². The smallest absolute Gasteiger partial charge is 0.181 e. The lowest BCUT2D eigenvalue weighted by atomic mass is 10.0. The van der Waals surface area contributed by atoms with Crippen LogP contribution in [0, 0.1) is 5.92 Å². The molecule has 4 nitrogen and oxygen atoms in total. The van der Waals surface area contributed by atoms with Crippen LogP contribution in [-0.2, 0) is 6.42 Å². The number of hydrogen-bond donors (Lipinski definition) is 0. The van der Waals surface area contributed by atoms with Crippen LogP contribution in [0.25, 0.3) is 0 Å². The van der Waals surface area contributed by atoms with E-state index in [9.17, 15) is 4.79 Å². The molecule has 1 fully saturated rings. The second-order valence-corrected chi connectivity index (χ2v) is 4.49. The summed E-state index contributed by atoms with van der Waals surface area (Å²) in [6.45, 7) is 7.12. The molecule has 1 saturated heterocycles. The van der Waals surface area contributed by atoms with E-state index >= 15 is 0 Å². The number of carbonyl (C=O) groups is 1. The van der Waals surface area contributed by atoms with Gasteiger partial charge in [-0.25, -0.2) is 0 Å². The third-order valence-corrected chi connectivity index (χ3v) is 3.23. The Kier molecular flexibility index (Phi) is 3.39. The van der Waals surface area contributed by atoms with Crippen LogP contribution in [-0.4, -0.2) is 35.5 Å².